The zero-order valence-electron chi connectivity index (χ0n) is 13.5. The number of nitrogens with zero attached hydrogens (tertiary/aromatic N) is 3. The van der Waals surface area contributed by atoms with E-state index in [1.807, 2.05) is 6.20 Å². The summed E-state index contributed by atoms with van der Waals surface area (Å²) in [5, 5.41) is 3.34. The van der Waals surface area contributed by atoms with Gasteiger partial charge in [-0.3, -0.25) is 4.90 Å². The molecule has 1 aliphatic rings. The molecular weight excluding hydrogens is 264 g/mol. The molecule has 1 fully saturated rings. The van der Waals surface area contributed by atoms with Gasteiger partial charge in [0.25, 0.3) is 0 Å². The molecule has 1 saturated heterocycles. The van der Waals surface area contributed by atoms with E-state index in [4.69, 9.17) is 4.74 Å². The SMILES string of the molecule is CCC1CN(c2ccc(CNCCOC)cn2)CCN1C. The van der Waals surface area contributed by atoms with Crippen molar-refractivity contribution in [1.82, 2.24) is 15.2 Å². The smallest absolute Gasteiger partial charge is 0.128 e. The van der Waals surface area contributed by atoms with Crippen molar-refractivity contribution in [3.05, 3.63) is 23.9 Å². The summed E-state index contributed by atoms with van der Waals surface area (Å²) in [6.07, 6.45) is 3.17. The topological polar surface area (TPSA) is 40.6 Å². The summed E-state index contributed by atoms with van der Waals surface area (Å²) >= 11 is 0. The van der Waals surface area contributed by atoms with Crippen LogP contribution in [0.25, 0.3) is 0 Å². The van der Waals surface area contributed by atoms with Gasteiger partial charge in [-0.05, 0) is 25.1 Å². The lowest BCUT2D eigenvalue weighted by molar-refractivity contribution is 0.199. The molecule has 118 valence electrons. The monoisotopic (exact) mass is 292 g/mol. The quantitative estimate of drug-likeness (QED) is 0.768. The Hall–Kier alpha value is -1.17. The lowest BCUT2D eigenvalue weighted by atomic mass is 10.1. The van der Waals surface area contributed by atoms with Crippen LogP contribution in [0.1, 0.15) is 18.9 Å². The van der Waals surface area contributed by atoms with Gasteiger partial charge in [0.1, 0.15) is 5.82 Å². The van der Waals surface area contributed by atoms with E-state index >= 15 is 0 Å². The second kappa shape index (κ2) is 8.32. The van der Waals surface area contributed by atoms with E-state index in [0.717, 1.165) is 45.1 Å². The van der Waals surface area contributed by atoms with E-state index in [1.54, 1.807) is 7.11 Å². The van der Waals surface area contributed by atoms with Crippen LogP contribution in [0.4, 0.5) is 5.82 Å². The van der Waals surface area contributed by atoms with Crippen LogP contribution in [-0.2, 0) is 11.3 Å². The number of hydrogen-bond acceptors (Lipinski definition) is 5. The Kier molecular flexibility index (Phi) is 6.42. The average Bonchev–Trinajstić information content (AvgIpc) is 2.53. The van der Waals surface area contributed by atoms with Gasteiger partial charge >= 0.3 is 0 Å². The first-order chi connectivity index (χ1) is 10.2. The summed E-state index contributed by atoms with van der Waals surface area (Å²) < 4.78 is 5.02. The largest absolute Gasteiger partial charge is 0.383 e. The van der Waals surface area contributed by atoms with Gasteiger partial charge in [-0.15, -0.1) is 0 Å². The van der Waals surface area contributed by atoms with Gasteiger partial charge < -0.3 is 15.0 Å². The Morgan fingerprint density at radius 1 is 1.38 bits per heavy atom. The number of pyridine rings is 1. The third-order valence-corrected chi connectivity index (χ3v) is 4.19. The number of likely N-dealkylation sites (N-methyl/N-ethyl adjacent to an activating group) is 1. The fraction of sp³-hybridized carbons (Fsp3) is 0.688. The molecule has 1 atom stereocenters. The molecule has 2 rings (SSSR count). The highest BCUT2D eigenvalue weighted by atomic mass is 16.5. The van der Waals surface area contributed by atoms with E-state index in [1.165, 1.54) is 12.0 Å². The summed E-state index contributed by atoms with van der Waals surface area (Å²) in [4.78, 5) is 9.48. The fourth-order valence-corrected chi connectivity index (χ4v) is 2.71. The van der Waals surface area contributed by atoms with Crippen molar-refractivity contribution in [3.8, 4) is 0 Å². The first kappa shape index (κ1) is 16.2. The highest BCUT2D eigenvalue weighted by Gasteiger charge is 2.23. The van der Waals surface area contributed by atoms with Gasteiger partial charge in [0.05, 0.1) is 6.61 Å². The first-order valence-corrected chi connectivity index (χ1v) is 7.84. The van der Waals surface area contributed by atoms with Crippen molar-refractivity contribution in [3.63, 3.8) is 0 Å². The zero-order valence-corrected chi connectivity index (χ0v) is 13.5. The molecule has 1 aliphatic heterocycles. The second-order valence-corrected chi connectivity index (χ2v) is 5.68. The highest BCUT2D eigenvalue weighted by Crippen LogP contribution is 2.17. The van der Waals surface area contributed by atoms with Crippen molar-refractivity contribution in [2.24, 2.45) is 0 Å². The van der Waals surface area contributed by atoms with Gasteiger partial charge in [-0.1, -0.05) is 13.0 Å². The molecule has 5 heteroatoms. The molecule has 0 saturated carbocycles. The minimum Gasteiger partial charge on any atom is -0.383 e. The van der Waals surface area contributed by atoms with Gasteiger partial charge in [-0.25, -0.2) is 4.98 Å². The molecule has 1 aromatic heterocycles. The van der Waals surface area contributed by atoms with Crippen molar-refractivity contribution in [1.29, 1.82) is 0 Å². The van der Waals surface area contributed by atoms with Crippen LogP contribution < -0.4 is 10.2 Å². The van der Waals surface area contributed by atoms with Crippen LogP contribution in [0.3, 0.4) is 0 Å². The maximum Gasteiger partial charge on any atom is 0.128 e. The Morgan fingerprint density at radius 3 is 2.90 bits per heavy atom. The van der Waals surface area contributed by atoms with Crippen LogP contribution in [0.2, 0.25) is 0 Å². The predicted octanol–water partition coefficient (Wildman–Crippen LogP) is 1.35. The predicted molar refractivity (Wildman–Crippen MR) is 86.7 cm³/mol. The summed E-state index contributed by atoms with van der Waals surface area (Å²) in [5.74, 6) is 1.10. The van der Waals surface area contributed by atoms with E-state index < -0.39 is 0 Å². The molecule has 0 amide bonds. The molecular formula is C16H28N4O. The standard InChI is InChI=1S/C16H28N4O/c1-4-15-13-20(9-8-19(15)2)16-6-5-14(12-18-16)11-17-7-10-21-3/h5-6,12,15,17H,4,7-11,13H2,1-3H3. The fourth-order valence-electron chi connectivity index (χ4n) is 2.71. The third kappa shape index (κ3) is 4.66. The Bertz CT molecular complexity index is 409. The number of anilines is 1. The van der Waals surface area contributed by atoms with Crippen molar-refractivity contribution in [2.75, 3.05) is 51.8 Å². The van der Waals surface area contributed by atoms with Crippen molar-refractivity contribution < 1.29 is 4.74 Å². The second-order valence-electron chi connectivity index (χ2n) is 5.68. The molecule has 0 spiro atoms. The van der Waals surface area contributed by atoms with Crippen molar-refractivity contribution in [2.45, 2.75) is 25.9 Å². The Labute approximate surface area is 128 Å². The van der Waals surface area contributed by atoms with Crippen LogP contribution >= 0.6 is 0 Å². The summed E-state index contributed by atoms with van der Waals surface area (Å²) in [5.41, 5.74) is 1.22. The molecule has 0 radical (unpaired) electrons. The number of ether oxygens (including phenoxy) is 1. The van der Waals surface area contributed by atoms with Gasteiger partial charge in [-0.2, -0.15) is 0 Å². The maximum atomic E-state index is 5.02. The summed E-state index contributed by atoms with van der Waals surface area (Å²) in [7, 11) is 3.94. The number of hydrogen-bond donors (Lipinski definition) is 1. The van der Waals surface area contributed by atoms with Crippen LogP contribution in [0.15, 0.2) is 18.3 Å². The third-order valence-electron chi connectivity index (χ3n) is 4.19. The molecule has 5 nitrogen and oxygen atoms in total. The number of piperazine rings is 1. The Balaban J connectivity index is 1.86. The lowest BCUT2D eigenvalue weighted by Crippen LogP contribution is -2.51. The van der Waals surface area contributed by atoms with E-state index in [-0.39, 0.29) is 0 Å². The molecule has 0 aromatic carbocycles. The van der Waals surface area contributed by atoms with Gasteiger partial charge in [0, 0.05) is 52.1 Å². The molecule has 2 heterocycles. The number of rotatable bonds is 7. The molecule has 1 N–H and O–H groups in total. The van der Waals surface area contributed by atoms with Crippen LogP contribution in [0.5, 0.6) is 0 Å². The molecule has 0 bridgehead atoms. The van der Waals surface area contributed by atoms with Crippen LogP contribution in [0, 0.1) is 0 Å². The highest BCUT2D eigenvalue weighted by molar-refractivity contribution is 5.40. The summed E-state index contributed by atoms with van der Waals surface area (Å²) in [6.45, 7) is 7.96. The lowest BCUT2D eigenvalue weighted by Gasteiger charge is -2.39. The van der Waals surface area contributed by atoms with E-state index in [9.17, 15) is 0 Å². The van der Waals surface area contributed by atoms with Gasteiger partial charge in [0.2, 0.25) is 0 Å². The maximum absolute atomic E-state index is 5.02. The molecule has 1 aromatic rings. The molecule has 21 heavy (non-hydrogen) atoms. The number of nitrogens with one attached hydrogen (secondary N) is 1. The average molecular weight is 292 g/mol. The number of methoxy groups -OCH3 is 1. The van der Waals surface area contributed by atoms with E-state index in [0.29, 0.717) is 6.04 Å². The molecule has 0 aliphatic carbocycles. The molecule has 1 unspecified atom stereocenters. The minimum absolute atomic E-state index is 0.635. The van der Waals surface area contributed by atoms with E-state index in [2.05, 4.69) is 46.2 Å². The summed E-state index contributed by atoms with van der Waals surface area (Å²) in [6, 6.07) is 4.95. The Morgan fingerprint density at radius 2 is 2.24 bits per heavy atom. The normalized spacial score (nSPS) is 20.0. The van der Waals surface area contributed by atoms with Crippen molar-refractivity contribution >= 4 is 5.82 Å². The van der Waals surface area contributed by atoms with Crippen LogP contribution in [-0.4, -0.2) is 62.9 Å². The van der Waals surface area contributed by atoms with Gasteiger partial charge in [0.15, 0.2) is 0 Å². The minimum atomic E-state index is 0.635. The zero-order chi connectivity index (χ0) is 15.1. The first-order valence-electron chi connectivity index (χ1n) is 7.84. The number of aromatic nitrogens is 1.